The summed E-state index contributed by atoms with van der Waals surface area (Å²) < 4.78 is 60.0. The van der Waals surface area contributed by atoms with Crippen molar-refractivity contribution >= 4 is 21.2 Å². The van der Waals surface area contributed by atoms with Gasteiger partial charge in [0.1, 0.15) is 4.88 Å². The van der Waals surface area contributed by atoms with Gasteiger partial charge in [0.25, 0.3) is 0 Å². The van der Waals surface area contributed by atoms with E-state index in [1.807, 2.05) is 0 Å². The second kappa shape index (κ2) is 6.39. The molecule has 0 fully saturated rings. The number of thiophene rings is 1. The van der Waals surface area contributed by atoms with Crippen LogP contribution in [0.15, 0.2) is 40.6 Å². The molecule has 3 nitrogen and oxygen atoms in total. The number of alkyl halides is 3. The van der Waals surface area contributed by atoms with Crippen LogP contribution in [0.2, 0.25) is 0 Å². The molecule has 0 aliphatic carbocycles. The molecule has 1 aromatic heterocycles. The van der Waals surface area contributed by atoms with Gasteiger partial charge in [-0.05, 0) is 34.7 Å². The SMILES string of the molecule is CS(=O)(=O)c1ccc(CNCc2csc(C(F)(F)F)c2)cc1. The summed E-state index contributed by atoms with van der Waals surface area (Å²) in [5.41, 5.74) is 1.43. The Hall–Kier alpha value is -1.38. The fraction of sp³-hybridized carbons (Fsp3) is 0.286. The van der Waals surface area contributed by atoms with Crippen LogP contribution in [0, 0.1) is 0 Å². The van der Waals surface area contributed by atoms with Crippen molar-refractivity contribution in [3.8, 4) is 0 Å². The Labute approximate surface area is 130 Å². The van der Waals surface area contributed by atoms with Gasteiger partial charge in [0, 0.05) is 19.3 Å². The molecule has 0 radical (unpaired) electrons. The van der Waals surface area contributed by atoms with E-state index in [4.69, 9.17) is 0 Å². The van der Waals surface area contributed by atoms with Crippen LogP contribution >= 0.6 is 11.3 Å². The topological polar surface area (TPSA) is 46.2 Å². The second-order valence-electron chi connectivity index (χ2n) is 4.84. The minimum Gasteiger partial charge on any atom is -0.309 e. The highest BCUT2D eigenvalue weighted by Gasteiger charge is 2.32. The van der Waals surface area contributed by atoms with Crippen molar-refractivity contribution in [2.24, 2.45) is 0 Å². The molecule has 0 aliphatic rings. The van der Waals surface area contributed by atoms with Crippen molar-refractivity contribution in [2.45, 2.75) is 24.2 Å². The van der Waals surface area contributed by atoms with Gasteiger partial charge in [-0.3, -0.25) is 0 Å². The molecule has 0 unspecified atom stereocenters. The van der Waals surface area contributed by atoms with E-state index in [0.29, 0.717) is 30.0 Å². The van der Waals surface area contributed by atoms with Gasteiger partial charge >= 0.3 is 6.18 Å². The summed E-state index contributed by atoms with van der Waals surface area (Å²) in [5.74, 6) is 0. The number of benzene rings is 1. The average molecular weight is 349 g/mol. The van der Waals surface area contributed by atoms with Gasteiger partial charge in [-0.25, -0.2) is 8.42 Å². The molecule has 8 heteroatoms. The van der Waals surface area contributed by atoms with Crippen molar-refractivity contribution < 1.29 is 21.6 Å². The number of nitrogens with one attached hydrogen (secondary N) is 1. The largest absolute Gasteiger partial charge is 0.425 e. The summed E-state index contributed by atoms with van der Waals surface area (Å²) in [7, 11) is -3.22. The zero-order valence-electron chi connectivity index (χ0n) is 11.6. The van der Waals surface area contributed by atoms with Gasteiger partial charge < -0.3 is 5.32 Å². The quantitative estimate of drug-likeness (QED) is 0.899. The standard InChI is InChI=1S/C14H14F3NO2S2/c1-22(19,20)12-4-2-10(3-5-12)7-18-8-11-6-13(21-9-11)14(15,16)17/h2-6,9,18H,7-8H2,1H3. The van der Waals surface area contributed by atoms with E-state index in [1.165, 1.54) is 17.5 Å². The van der Waals surface area contributed by atoms with Gasteiger partial charge in [0.2, 0.25) is 0 Å². The summed E-state index contributed by atoms with van der Waals surface area (Å²) >= 11 is 0.676. The molecule has 22 heavy (non-hydrogen) atoms. The van der Waals surface area contributed by atoms with Crippen LogP contribution in [0.25, 0.3) is 0 Å². The Morgan fingerprint density at radius 1 is 1.09 bits per heavy atom. The molecule has 2 rings (SSSR count). The molecule has 0 aliphatic heterocycles. The highest BCUT2D eigenvalue weighted by Crippen LogP contribution is 2.34. The smallest absolute Gasteiger partial charge is 0.309 e. The number of hydrogen-bond donors (Lipinski definition) is 1. The predicted molar refractivity (Wildman–Crippen MR) is 79.4 cm³/mol. The molecule has 1 aromatic carbocycles. The summed E-state index contributed by atoms with van der Waals surface area (Å²) in [4.78, 5) is -0.370. The summed E-state index contributed by atoms with van der Waals surface area (Å²) in [6.07, 6.45) is -3.17. The van der Waals surface area contributed by atoms with Crippen molar-refractivity contribution in [2.75, 3.05) is 6.26 Å². The Morgan fingerprint density at radius 3 is 2.18 bits per heavy atom. The van der Waals surface area contributed by atoms with Crippen molar-refractivity contribution in [3.63, 3.8) is 0 Å². The van der Waals surface area contributed by atoms with Crippen LogP contribution < -0.4 is 5.32 Å². The van der Waals surface area contributed by atoms with Crippen molar-refractivity contribution in [1.29, 1.82) is 0 Å². The molecular weight excluding hydrogens is 335 g/mol. The van der Waals surface area contributed by atoms with E-state index in [-0.39, 0.29) is 4.90 Å². The normalized spacial score (nSPS) is 12.5. The van der Waals surface area contributed by atoms with Crippen LogP contribution in [0.4, 0.5) is 13.2 Å². The average Bonchev–Trinajstić information content (AvgIpc) is 2.87. The van der Waals surface area contributed by atoms with Crippen LogP contribution in [0.3, 0.4) is 0 Å². The van der Waals surface area contributed by atoms with E-state index in [1.54, 1.807) is 12.1 Å². The first-order valence-electron chi connectivity index (χ1n) is 6.30. The third-order valence-electron chi connectivity index (χ3n) is 2.94. The summed E-state index contributed by atoms with van der Waals surface area (Å²) in [6, 6.07) is 7.51. The molecule has 1 N–H and O–H groups in total. The number of sulfone groups is 1. The van der Waals surface area contributed by atoms with E-state index in [2.05, 4.69) is 5.32 Å². The monoisotopic (exact) mass is 349 g/mol. The maximum atomic E-state index is 12.5. The molecule has 0 atom stereocenters. The Morgan fingerprint density at radius 2 is 1.68 bits per heavy atom. The van der Waals surface area contributed by atoms with Gasteiger partial charge in [0.15, 0.2) is 9.84 Å². The number of halogens is 3. The fourth-order valence-corrected chi connectivity index (χ4v) is 3.24. The number of rotatable bonds is 5. The maximum absolute atomic E-state index is 12.5. The van der Waals surface area contributed by atoms with Gasteiger partial charge in [-0.1, -0.05) is 12.1 Å². The van der Waals surface area contributed by atoms with Crippen LogP contribution in [-0.2, 0) is 29.1 Å². The Balaban J connectivity index is 1.90. The molecule has 0 saturated carbocycles. The zero-order valence-corrected chi connectivity index (χ0v) is 13.3. The lowest BCUT2D eigenvalue weighted by molar-refractivity contribution is -0.134. The van der Waals surface area contributed by atoms with E-state index < -0.39 is 20.9 Å². The molecule has 120 valence electrons. The zero-order chi connectivity index (χ0) is 16.4. The maximum Gasteiger partial charge on any atom is 0.425 e. The van der Waals surface area contributed by atoms with Crippen LogP contribution in [0.5, 0.6) is 0 Å². The van der Waals surface area contributed by atoms with E-state index in [9.17, 15) is 21.6 Å². The lowest BCUT2D eigenvalue weighted by Gasteiger charge is -2.05. The third-order valence-corrected chi connectivity index (χ3v) is 5.10. The first kappa shape index (κ1) is 17.0. The molecule has 2 aromatic rings. The molecule has 1 heterocycles. The first-order chi connectivity index (χ1) is 10.2. The predicted octanol–water partition coefficient (Wildman–Crippen LogP) is 3.46. The highest BCUT2D eigenvalue weighted by molar-refractivity contribution is 7.90. The lowest BCUT2D eigenvalue weighted by Crippen LogP contribution is -2.12. The number of hydrogen-bond acceptors (Lipinski definition) is 4. The molecule has 0 spiro atoms. The first-order valence-corrected chi connectivity index (χ1v) is 9.08. The molecule has 0 amide bonds. The van der Waals surface area contributed by atoms with Gasteiger partial charge in [-0.15, -0.1) is 11.3 Å². The van der Waals surface area contributed by atoms with Gasteiger partial charge in [0.05, 0.1) is 4.90 Å². The van der Waals surface area contributed by atoms with Crippen LogP contribution in [0.1, 0.15) is 16.0 Å². The van der Waals surface area contributed by atoms with Crippen LogP contribution in [-0.4, -0.2) is 14.7 Å². The van der Waals surface area contributed by atoms with Gasteiger partial charge in [-0.2, -0.15) is 13.2 Å². The summed E-state index contributed by atoms with van der Waals surface area (Å²) in [5, 5.41) is 4.51. The van der Waals surface area contributed by atoms with Crippen molar-refractivity contribution in [3.05, 3.63) is 51.7 Å². The third kappa shape index (κ3) is 4.56. The van der Waals surface area contributed by atoms with E-state index in [0.717, 1.165) is 17.9 Å². The fourth-order valence-electron chi connectivity index (χ4n) is 1.82. The molecule has 0 bridgehead atoms. The summed E-state index contributed by atoms with van der Waals surface area (Å²) in [6.45, 7) is 0.766. The van der Waals surface area contributed by atoms with Crippen molar-refractivity contribution in [1.82, 2.24) is 5.32 Å². The molecule has 0 saturated heterocycles. The minimum atomic E-state index is -4.30. The Bertz CT molecular complexity index is 734. The Kier molecular flexibility index (Phi) is 4.93. The highest BCUT2D eigenvalue weighted by atomic mass is 32.2. The lowest BCUT2D eigenvalue weighted by atomic mass is 10.2. The second-order valence-corrected chi connectivity index (χ2v) is 7.76. The van der Waals surface area contributed by atoms with E-state index >= 15 is 0 Å². The minimum absolute atomic E-state index is 0.240. The molecular formula is C14H14F3NO2S2.